The Morgan fingerprint density at radius 3 is 2.56 bits per heavy atom. The average Bonchev–Trinajstić information content (AvgIpc) is 2.20. The molecule has 18 heavy (non-hydrogen) atoms. The van der Waals surface area contributed by atoms with Gasteiger partial charge in [0.1, 0.15) is 0 Å². The number of sulfone groups is 1. The van der Waals surface area contributed by atoms with Crippen LogP contribution in [0.1, 0.15) is 40.0 Å². The third-order valence-electron chi connectivity index (χ3n) is 3.93. The molecule has 0 aliphatic carbocycles. The largest absolute Gasteiger partial charge is 0.330 e. The van der Waals surface area contributed by atoms with E-state index in [0.717, 1.165) is 32.4 Å². The van der Waals surface area contributed by atoms with Gasteiger partial charge in [-0.05, 0) is 44.7 Å². The maximum atomic E-state index is 11.5. The first-order valence-corrected chi connectivity index (χ1v) is 8.72. The highest BCUT2D eigenvalue weighted by Gasteiger charge is 2.28. The number of nitrogens with two attached hydrogens (primary N) is 1. The van der Waals surface area contributed by atoms with Gasteiger partial charge in [-0.1, -0.05) is 13.8 Å². The van der Waals surface area contributed by atoms with Crippen LogP contribution in [-0.2, 0) is 9.84 Å². The summed E-state index contributed by atoms with van der Waals surface area (Å²) in [7, 11) is -2.79. The van der Waals surface area contributed by atoms with E-state index in [0.29, 0.717) is 23.5 Å². The molecule has 1 aliphatic rings. The predicted octanol–water partition coefficient (Wildman–Crippen LogP) is 1.26. The highest BCUT2D eigenvalue weighted by molar-refractivity contribution is 7.91. The van der Waals surface area contributed by atoms with Gasteiger partial charge in [0.2, 0.25) is 0 Å². The molecule has 0 aromatic rings. The van der Waals surface area contributed by atoms with Gasteiger partial charge >= 0.3 is 0 Å². The van der Waals surface area contributed by atoms with Crippen LogP contribution in [0.3, 0.4) is 0 Å². The van der Waals surface area contributed by atoms with Crippen LogP contribution in [0.15, 0.2) is 0 Å². The first-order valence-electron chi connectivity index (χ1n) is 6.90. The lowest BCUT2D eigenvalue weighted by Crippen LogP contribution is -2.47. The molecule has 4 nitrogen and oxygen atoms in total. The average molecular weight is 276 g/mol. The Kier molecular flexibility index (Phi) is 5.62. The van der Waals surface area contributed by atoms with E-state index in [1.54, 1.807) is 0 Å². The second-order valence-electron chi connectivity index (χ2n) is 6.31. The Labute approximate surface area is 112 Å². The summed E-state index contributed by atoms with van der Waals surface area (Å²) in [6.45, 7) is 8.96. The molecule has 1 fully saturated rings. The van der Waals surface area contributed by atoms with Gasteiger partial charge < -0.3 is 5.73 Å². The van der Waals surface area contributed by atoms with E-state index in [4.69, 9.17) is 5.73 Å². The summed E-state index contributed by atoms with van der Waals surface area (Å²) >= 11 is 0. The molecule has 1 saturated heterocycles. The predicted molar refractivity (Wildman–Crippen MR) is 76.4 cm³/mol. The first-order chi connectivity index (χ1) is 8.26. The Morgan fingerprint density at radius 2 is 2.00 bits per heavy atom. The maximum absolute atomic E-state index is 11.5. The van der Waals surface area contributed by atoms with Gasteiger partial charge in [-0.15, -0.1) is 0 Å². The summed E-state index contributed by atoms with van der Waals surface area (Å²) in [5.74, 6) is 0.642. The lowest BCUT2D eigenvalue weighted by atomic mass is 9.84. The Hall–Kier alpha value is -0.130. The van der Waals surface area contributed by atoms with Crippen molar-refractivity contribution in [1.82, 2.24) is 4.90 Å². The quantitative estimate of drug-likeness (QED) is 0.793. The topological polar surface area (TPSA) is 63.4 Å². The van der Waals surface area contributed by atoms with E-state index in [1.807, 2.05) is 6.92 Å². The van der Waals surface area contributed by atoms with Crippen molar-refractivity contribution in [2.45, 2.75) is 46.1 Å². The van der Waals surface area contributed by atoms with Crippen LogP contribution in [0.25, 0.3) is 0 Å². The zero-order valence-electron chi connectivity index (χ0n) is 12.0. The monoisotopic (exact) mass is 276 g/mol. The fraction of sp³-hybridized carbons (Fsp3) is 1.00. The van der Waals surface area contributed by atoms with Crippen LogP contribution in [0.5, 0.6) is 0 Å². The Bertz CT molecular complexity index is 352. The van der Waals surface area contributed by atoms with Crippen molar-refractivity contribution in [2.75, 3.05) is 31.1 Å². The summed E-state index contributed by atoms with van der Waals surface area (Å²) in [5.41, 5.74) is 5.91. The van der Waals surface area contributed by atoms with Crippen molar-refractivity contribution >= 4 is 9.84 Å². The van der Waals surface area contributed by atoms with E-state index in [1.165, 1.54) is 0 Å². The molecule has 1 heterocycles. The number of nitrogens with zero attached hydrogens (tertiary/aromatic N) is 1. The molecule has 0 radical (unpaired) electrons. The van der Waals surface area contributed by atoms with Crippen LogP contribution < -0.4 is 5.73 Å². The standard InChI is InChI=1S/C13H28N2O2S/c1-12-11-18(16,17)10-9-15(12)8-4-5-13(2,3)6-7-14/h12H,4-11,14H2,1-3H3. The van der Waals surface area contributed by atoms with Gasteiger partial charge in [0.15, 0.2) is 9.84 Å². The van der Waals surface area contributed by atoms with Gasteiger partial charge in [0.25, 0.3) is 0 Å². The van der Waals surface area contributed by atoms with E-state index >= 15 is 0 Å². The normalized spacial score (nSPS) is 25.2. The SMILES string of the molecule is CC1CS(=O)(=O)CCN1CCCC(C)(C)CCN. The van der Waals surface area contributed by atoms with Crippen molar-refractivity contribution in [3.63, 3.8) is 0 Å². The zero-order valence-corrected chi connectivity index (χ0v) is 12.8. The summed E-state index contributed by atoms with van der Waals surface area (Å²) in [4.78, 5) is 2.31. The van der Waals surface area contributed by atoms with Crippen LogP contribution in [0.4, 0.5) is 0 Å². The van der Waals surface area contributed by atoms with E-state index in [2.05, 4.69) is 18.7 Å². The molecule has 2 N–H and O–H groups in total. The fourth-order valence-corrected chi connectivity index (χ4v) is 4.27. The van der Waals surface area contributed by atoms with Crippen molar-refractivity contribution < 1.29 is 8.42 Å². The zero-order chi connectivity index (χ0) is 13.8. The molecule has 1 unspecified atom stereocenters. The highest BCUT2D eigenvalue weighted by atomic mass is 32.2. The molecule has 0 spiro atoms. The van der Waals surface area contributed by atoms with Gasteiger partial charge in [-0.3, -0.25) is 4.90 Å². The van der Waals surface area contributed by atoms with Gasteiger partial charge in [-0.25, -0.2) is 8.42 Å². The molecule has 0 aromatic carbocycles. The van der Waals surface area contributed by atoms with Gasteiger partial charge in [-0.2, -0.15) is 0 Å². The lowest BCUT2D eigenvalue weighted by Gasteiger charge is -2.34. The third-order valence-corrected chi connectivity index (χ3v) is 5.72. The van der Waals surface area contributed by atoms with Gasteiger partial charge in [0.05, 0.1) is 11.5 Å². The fourth-order valence-electron chi connectivity index (χ4n) is 2.64. The van der Waals surface area contributed by atoms with Crippen LogP contribution in [-0.4, -0.2) is 50.5 Å². The minimum absolute atomic E-state index is 0.168. The second kappa shape index (κ2) is 6.35. The molecule has 1 rings (SSSR count). The molecule has 0 bridgehead atoms. The van der Waals surface area contributed by atoms with Crippen LogP contribution >= 0.6 is 0 Å². The van der Waals surface area contributed by atoms with E-state index in [-0.39, 0.29) is 6.04 Å². The van der Waals surface area contributed by atoms with Crippen molar-refractivity contribution in [2.24, 2.45) is 11.1 Å². The molecule has 1 atom stereocenters. The smallest absolute Gasteiger partial charge is 0.153 e. The number of hydrogen-bond donors (Lipinski definition) is 1. The summed E-state index contributed by atoms with van der Waals surface area (Å²) in [6.07, 6.45) is 3.33. The molecule has 5 heteroatoms. The molecule has 0 saturated carbocycles. The lowest BCUT2D eigenvalue weighted by molar-refractivity contribution is 0.203. The summed E-state index contributed by atoms with van der Waals surface area (Å²) in [6, 6.07) is 0.168. The molecular formula is C13H28N2O2S. The molecule has 0 amide bonds. The summed E-state index contributed by atoms with van der Waals surface area (Å²) < 4.78 is 23.0. The molecule has 0 aromatic heterocycles. The van der Waals surface area contributed by atoms with Gasteiger partial charge in [0, 0.05) is 12.6 Å². The van der Waals surface area contributed by atoms with E-state index in [9.17, 15) is 8.42 Å². The summed E-state index contributed by atoms with van der Waals surface area (Å²) in [5, 5.41) is 0. The van der Waals surface area contributed by atoms with Crippen molar-refractivity contribution in [3.8, 4) is 0 Å². The van der Waals surface area contributed by atoms with Crippen LogP contribution in [0, 0.1) is 5.41 Å². The van der Waals surface area contributed by atoms with Crippen LogP contribution in [0.2, 0.25) is 0 Å². The molecule has 1 aliphatic heterocycles. The number of hydrogen-bond acceptors (Lipinski definition) is 4. The third kappa shape index (κ3) is 5.24. The maximum Gasteiger partial charge on any atom is 0.153 e. The van der Waals surface area contributed by atoms with E-state index < -0.39 is 9.84 Å². The minimum atomic E-state index is -2.79. The highest BCUT2D eigenvalue weighted by Crippen LogP contribution is 2.26. The van der Waals surface area contributed by atoms with Crippen molar-refractivity contribution in [1.29, 1.82) is 0 Å². The Balaban J connectivity index is 2.32. The first kappa shape index (κ1) is 15.9. The Morgan fingerprint density at radius 1 is 1.33 bits per heavy atom. The minimum Gasteiger partial charge on any atom is -0.330 e. The molecule has 108 valence electrons. The van der Waals surface area contributed by atoms with Crippen molar-refractivity contribution in [3.05, 3.63) is 0 Å². The molecular weight excluding hydrogens is 248 g/mol. The number of rotatable bonds is 6. The second-order valence-corrected chi connectivity index (χ2v) is 8.53.